The van der Waals surface area contributed by atoms with Gasteiger partial charge in [-0.3, -0.25) is 4.79 Å². The van der Waals surface area contributed by atoms with Crippen LogP contribution < -0.4 is 10.5 Å². The maximum atomic E-state index is 10.8. The molecule has 0 saturated heterocycles. The fourth-order valence-electron chi connectivity index (χ4n) is 1.15. The first-order valence-corrected chi connectivity index (χ1v) is 4.58. The molecule has 2 N–H and O–H groups in total. The van der Waals surface area contributed by atoms with Crippen LogP contribution >= 0.6 is 0 Å². The number of benzene rings is 1. The van der Waals surface area contributed by atoms with Gasteiger partial charge in [0, 0.05) is 6.92 Å². The summed E-state index contributed by atoms with van der Waals surface area (Å²) in [6.07, 6.45) is 0. The molecular formula is C11H15NO2. The first-order chi connectivity index (χ1) is 6.50. The largest absolute Gasteiger partial charge is 0.425 e. The number of hydrogen-bond acceptors (Lipinski definition) is 3. The molecule has 1 aromatic carbocycles. The van der Waals surface area contributed by atoms with Gasteiger partial charge in [-0.15, -0.1) is 0 Å². The third-order valence-electron chi connectivity index (χ3n) is 1.96. The molecule has 0 spiro atoms. The summed E-state index contributed by atoms with van der Waals surface area (Å²) in [6, 6.07) is 5.50. The van der Waals surface area contributed by atoms with Gasteiger partial charge >= 0.3 is 5.97 Å². The summed E-state index contributed by atoms with van der Waals surface area (Å²) in [5.74, 6) is 0.492. The van der Waals surface area contributed by atoms with Gasteiger partial charge < -0.3 is 10.5 Å². The van der Waals surface area contributed by atoms with E-state index < -0.39 is 0 Å². The third kappa shape index (κ3) is 2.49. The maximum absolute atomic E-state index is 10.8. The first kappa shape index (κ1) is 10.6. The van der Waals surface area contributed by atoms with E-state index >= 15 is 0 Å². The summed E-state index contributed by atoms with van der Waals surface area (Å²) in [4.78, 5) is 10.8. The topological polar surface area (TPSA) is 52.3 Å². The minimum absolute atomic E-state index is 0.349. The van der Waals surface area contributed by atoms with E-state index in [0.717, 1.165) is 5.56 Å². The molecule has 0 bridgehead atoms. The Bertz CT molecular complexity index is 345. The van der Waals surface area contributed by atoms with E-state index in [-0.39, 0.29) is 5.97 Å². The van der Waals surface area contributed by atoms with Crippen molar-refractivity contribution >= 4 is 11.7 Å². The normalized spacial score (nSPS) is 10.3. The van der Waals surface area contributed by atoms with Gasteiger partial charge in [-0.1, -0.05) is 19.9 Å². The molecule has 3 nitrogen and oxygen atoms in total. The second-order valence-electron chi connectivity index (χ2n) is 3.55. The average Bonchev–Trinajstić information content (AvgIpc) is 2.07. The van der Waals surface area contributed by atoms with E-state index in [1.54, 1.807) is 12.1 Å². The molecular weight excluding hydrogens is 178 g/mol. The van der Waals surface area contributed by atoms with Gasteiger partial charge in [0.05, 0.1) is 5.69 Å². The van der Waals surface area contributed by atoms with Crippen LogP contribution in [0, 0.1) is 0 Å². The number of ether oxygens (including phenoxy) is 1. The van der Waals surface area contributed by atoms with Crippen LogP contribution in [0.25, 0.3) is 0 Å². The van der Waals surface area contributed by atoms with Crippen LogP contribution in [0.5, 0.6) is 5.75 Å². The maximum Gasteiger partial charge on any atom is 0.308 e. The molecule has 0 aromatic heterocycles. The molecule has 0 aliphatic heterocycles. The zero-order valence-electron chi connectivity index (χ0n) is 8.70. The minimum atomic E-state index is -0.349. The Labute approximate surface area is 83.9 Å². The van der Waals surface area contributed by atoms with Crippen molar-refractivity contribution in [1.82, 2.24) is 0 Å². The molecule has 0 aliphatic rings. The number of carbonyl (C=O) groups excluding carboxylic acids is 1. The Balaban J connectivity index is 3.02. The van der Waals surface area contributed by atoms with E-state index in [4.69, 9.17) is 10.5 Å². The number of rotatable bonds is 2. The highest BCUT2D eigenvalue weighted by atomic mass is 16.5. The van der Waals surface area contributed by atoms with Gasteiger partial charge in [0.15, 0.2) is 5.75 Å². The van der Waals surface area contributed by atoms with Crippen molar-refractivity contribution in [2.45, 2.75) is 26.7 Å². The van der Waals surface area contributed by atoms with Crippen molar-refractivity contribution in [3.05, 3.63) is 23.8 Å². The van der Waals surface area contributed by atoms with E-state index in [9.17, 15) is 4.79 Å². The Morgan fingerprint density at radius 2 is 2.07 bits per heavy atom. The number of esters is 1. The zero-order chi connectivity index (χ0) is 10.7. The van der Waals surface area contributed by atoms with Crippen molar-refractivity contribution < 1.29 is 9.53 Å². The third-order valence-corrected chi connectivity index (χ3v) is 1.96. The lowest BCUT2D eigenvalue weighted by molar-refractivity contribution is -0.131. The van der Waals surface area contributed by atoms with Crippen molar-refractivity contribution in [3.8, 4) is 5.75 Å². The lowest BCUT2D eigenvalue weighted by atomic mass is 10.0. The van der Waals surface area contributed by atoms with Crippen molar-refractivity contribution in [1.29, 1.82) is 0 Å². The quantitative estimate of drug-likeness (QED) is 0.445. The molecule has 0 unspecified atom stereocenters. The van der Waals surface area contributed by atoms with Crippen LogP contribution in [0.1, 0.15) is 32.3 Å². The standard InChI is InChI=1S/C11H15NO2/c1-7(2)9-4-5-10(12)11(6-9)14-8(3)13/h4-7H,12H2,1-3H3. The van der Waals surface area contributed by atoms with Crippen LogP contribution in [-0.2, 0) is 4.79 Å². The summed E-state index contributed by atoms with van der Waals surface area (Å²) in [6.45, 7) is 5.51. The van der Waals surface area contributed by atoms with E-state index in [1.807, 2.05) is 6.07 Å². The molecule has 0 heterocycles. The van der Waals surface area contributed by atoms with Gasteiger partial charge in [0.1, 0.15) is 0 Å². The number of nitrogens with two attached hydrogens (primary N) is 1. The second kappa shape index (κ2) is 4.13. The lowest BCUT2D eigenvalue weighted by Gasteiger charge is -2.09. The number of anilines is 1. The average molecular weight is 193 g/mol. The van der Waals surface area contributed by atoms with Gasteiger partial charge in [0.2, 0.25) is 0 Å². The summed E-state index contributed by atoms with van der Waals surface area (Å²) < 4.78 is 4.97. The minimum Gasteiger partial charge on any atom is -0.425 e. The molecule has 0 saturated carbocycles. The first-order valence-electron chi connectivity index (χ1n) is 4.58. The van der Waals surface area contributed by atoms with Gasteiger partial charge in [-0.05, 0) is 23.6 Å². The van der Waals surface area contributed by atoms with Gasteiger partial charge in [0.25, 0.3) is 0 Å². The van der Waals surface area contributed by atoms with E-state index in [2.05, 4.69) is 13.8 Å². The predicted octanol–water partition coefficient (Wildman–Crippen LogP) is 2.32. The van der Waals surface area contributed by atoms with Crippen LogP contribution in [0.2, 0.25) is 0 Å². The molecule has 0 aliphatic carbocycles. The SMILES string of the molecule is CC(=O)Oc1cc(C(C)C)ccc1N. The Hall–Kier alpha value is -1.51. The van der Waals surface area contributed by atoms with E-state index in [0.29, 0.717) is 17.4 Å². The number of carbonyl (C=O) groups is 1. The molecule has 1 rings (SSSR count). The fourth-order valence-corrected chi connectivity index (χ4v) is 1.15. The molecule has 3 heteroatoms. The summed E-state index contributed by atoms with van der Waals surface area (Å²) >= 11 is 0. The Kier molecular flexibility index (Phi) is 3.12. The number of hydrogen-bond donors (Lipinski definition) is 1. The molecule has 0 radical (unpaired) electrons. The molecule has 0 fully saturated rings. The molecule has 0 atom stereocenters. The lowest BCUT2D eigenvalue weighted by Crippen LogP contribution is -2.04. The highest BCUT2D eigenvalue weighted by Gasteiger charge is 2.06. The summed E-state index contributed by atoms with van der Waals surface area (Å²) in [5.41, 5.74) is 7.26. The highest BCUT2D eigenvalue weighted by molar-refractivity contribution is 5.72. The van der Waals surface area contributed by atoms with Crippen molar-refractivity contribution in [3.63, 3.8) is 0 Å². The van der Waals surface area contributed by atoms with Crippen molar-refractivity contribution in [2.75, 3.05) is 5.73 Å². The fraction of sp³-hybridized carbons (Fsp3) is 0.364. The summed E-state index contributed by atoms with van der Waals surface area (Å²) in [7, 11) is 0. The van der Waals surface area contributed by atoms with E-state index in [1.165, 1.54) is 6.92 Å². The second-order valence-corrected chi connectivity index (χ2v) is 3.55. The summed E-state index contributed by atoms with van der Waals surface area (Å²) in [5, 5.41) is 0. The zero-order valence-corrected chi connectivity index (χ0v) is 8.70. The molecule has 76 valence electrons. The predicted molar refractivity (Wildman–Crippen MR) is 56.3 cm³/mol. The monoisotopic (exact) mass is 193 g/mol. The molecule has 14 heavy (non-hydrogen) atoms. The highest BCUT2D eigenvalue weighted by Crippen LogP contribution is 2.26. The van der Waals surface area contributed by atoms with Crippen LogP contribution in [0.4, 0.5) is 5.69 Å². The van der Waals surface area contributed by atoms with Gasteiger partial charge in [-0.25, -0.2) is 0 Å². The Morgan fingerprint density at radius 1 is 1.43 bits per heavy atom. The van der Waals surface area contributed by atoms with Gasteiger partial charge in [-0.2, -0.15) is 0 Å². The number of nitrogen functional groups attached to an aromatic ring is 1. The van der Waals surface area contributed by atoms with Crippen LogP contribution in [-0.4, -0.2) is 5.97 Å². The van der Waals surface area contributed by atoms with Crippen LogP contribution in [0.3, 0.4) is 0 Å². The Morgan fingerprint density at radius 3 is 2.57 bits per heavy atom. The van der Waals surface area contributed by atoms with Crippen LogP contribution in [0.15, 0.2) is 18.2 Å². The van der Waals surface area contributed by atoms with Crippen molar-refractivity contribution in [2.24, 2.45) is 0 Å². The molecule has 1 aromatic rings. The molecule has 0 amide bonds. The smallest absolute Gasteiger partial charge is 0.308 e.